The summed E-state index contributed by atoms with van der Waals surface area (Å²) in [7, 11) is 0. The third-order valence-electron chi connectivity index (χ3n) is 15.9. The molecule has 0 aliphatic heterocycles. The van der Waals surface area contributed by atoms with Crippen molar-refractivity contribution < 1.29 is 4.42 Å². The molecule has 16 rings (SSSR count). The predicted octanol–water partition coefficient (Wildman–Crippen LogP) is 12.8. The molecule has 0 radical (unpaired) electrons. The first-order valence-corrected chi connectivity index (χ1v) is 20.7. The van der Waals surface area contributed by atoms with Crippen LogP contribution in [-0.2, 0) is 5.41 Å². The number of hydrogen-bond acceptors (Lipinski definition) is 3. The maximum atomic E-state index is 7.37. The molecule has 8 aliphatic carbocycles. The third-order valence-corrected chi connectivity index (χ3v) is 15.9. The first kappa shape index (κ1) is 28.3. The molecule has 0 amide bonds. The molecule has 0 N–H and O–H groups in total. The summed E-state index contributed by atoms with van der Waals surface area (Å²) in [4.78, 5) is 11.0. The normalized spacial score (nSPS) is 30.6. The third kappa shape index (κ3) is 3.31. The van der Waals surface area contributed by atoms with E-state index in [1.54, 1.807) is 11.1 Å². The lowest BCUT2D eigenvalue weighted by Gasteiger charge is -2.38. The monoisotopic (exact) mass is 679 g/mol. The van der Waals surface area contributed by atoms with E-state index in [1.165, 1.54) is 141 Å². The highest BCUT2D eigenvalue weighted by Crippen LogP contribution is 2.61. The van der Waals surface area contributed by atoms with Crippen molar-refractivity contribution in [1.82, 2.24) is 14.4 Å². The Morgan fingerprint density at radius 1 is 0.577 bits per heavy atom. The van der Waals surface area contributed by atoms with E-state index in [-0.39, 0.29) is 5.41 Å². The van der Waals surface area contributed by atoms with Crippen LogP contribution in [0.15, 0.2) is 53.2 Å². The minimum atomic E-state index is 0.0357. The predicted molar refractivity (Wildman–Crippen MR) is 211 cm³/mol. The number of rotatable bonds is 0. The molecule has 0 saturated heterocycles. The fourth-order valence-electron chi connectivity index (χ4n) is 14.5. The van der Waals surface area contributed by atoms with Crippen LogP contribution in [-0.4, -0.2) is 14.4 Å². The Morgan fingerprint density at radius 3 is 1.81 bits per heavy atom. The molecule has 0 spiro atoms. The zero-order valence-electron chi connectivity index (χ0n) is 30.6. The maximum absolute atomic E-state index is 7.37. The average molecular weight is 680 g/mol. The van der Waals surface area contributed by atoms with Crippen LogP contribution in [0.1, 0.15) is 137 Å². The summed E-state index contributed by atoms with van der Waals surface area (Å²) in [6.45, 7) is 7.01. The van der Waals surface area contributed by atoms with Gasteiger partial charge < -0.3 is 8.82 Å². The first-order chi connectivity index (χ1) is 25.4. The Hall–Kier alpha value is -4.18. The second-order valence-electron chi connectivity index (χ2n) is 19.8. The minimum absolute atomic E-state index is 0.0357. The van der Waals surface area contributed by atoms with E-state index < -0.39 is 0 Å². The Balaban J connectivity index is 1.22. The fraction of sp³-hybridized carbons (Fsp3) is 0.458. The Bertz CT molecular complexity index is 2890. The van der Waals surface area contributed by atoms with Gasteiger partial charge >= 0.3 is 0 Å². The zero-order chi connectivity index (χ0) is 33.9. The molecule has 4 nitrogen and oxygen atoms in total. The number of benzene rings is 3. The Morgan fingerprint density at radius 2 is 1.17 bits per heavy atom. The lowest BCUT2D eigenvalue weighted by molar-refractivity contribution is 0.165. The smallest absolute Gasteiger partial charge is 0.145 e. The van der Waals surface area contributed by atoms with Gasteiger partial charge in [-0.2, -0.15) is 0 Å². The molecule has 8 aliphatic rings. The van der Waals surface area contributed by atoms with Crippen LogP contribution in [0.5, 0.6) is 0 Å². The summed E-state index contributed by atoms with van der Waals surface area (Å²) in [5.74, 6) is 5.84. The van der Waals surface area contributed by atoms with Gasteiger partial charge in [0.25, 0.3) is 0 Å². The van der Waals surface area contributed by atoms with Crippen molar-refractivity contribution in [3.63, 3.8) is 0 Å². The number of nitrogens with zero attached hydrogens (tertiary/aromatic N) is 3. The molecule has 5 aromatic heterocycles. The van der Waals surface area contributed by atoms with Gasteiger partial charge in [-0.15, -0.1) is 0 Å². The van der Waals surface area contributed by atoms with Gasteiger partial charge in [0.05, 0.1) is 34.3 Å². The summed E-state index contributed by atoms with van der Waals surface area (Å²) >= 11 is 0. The van der Waals surface area contributed by atoms with Crippen LogP contribution in [0.25, 0.3) is 70.8 Å². The number of pyridine rings is 2. The van der Waals surface area contributed by atoms with Crippen molar-refractivity contribution in [2.45, 2.75) is 114 Å². The Labute approximate surface area is 303 Å². The van der Waals surface area contributed by atoms with Crippen LogP contribution < -0.4 is 0 Å². The summed E-state index contributed by atoms with van der Waals surface area (Å²) in [6.07, 6.45) is 18.1. The SMILES string of the molecule is CC(C)(C)c1ccc2c3cc4c5c6c(ncc5n5c7cnc8c(c7c(c3oc3cccc1c32)c45)C1CC2CC(CC8C2)C1)C1CC2CC(C1)CC6C2. The molecule has 52 heavy (non-hydrogen) atoms. The first-order valence-electron chi connectivity index (χ1n) is 20.7. The summed E-state index contributed by atoms with van der Waals surface area (Å²) in [5.41, 5.74) is 13.5. The highest BCUT2D eigenvalue weighted by Gasteiger charge is 2.46. The van der Waals surface area contributed by atoms with Crippen molar-refractivity contribution in [1.29, 1.82) is 0 Å². The molecule has 3 aromatic carbocycles. The molecule has 4 saturated carbocycles. The second-order valence-corrected chi connectivity index (χ2v) is 19.8. The summed E-state index contributed by atoms with van der Waals surface area (Å²) in [6, 6.07) is 14.2. The van der Waals surface area contributed by atoms with Crippen LogP contribution in [0.3, 0.4) is 0 Å². The molecule has 5 heterocycles. The molecule has 4 unspecified atom stereocenters. The molecular formula is C48H45N3O. The quantitative estimate of drug-likeness (QED) is 0.118. The summed E-state index contributed by atoms with van der Waals surface area (Å²) < 4.78 is 9.98. The fourth-order valence-corrected chi connectivity index (χ4v) is 14.5. The van der Waals surface area contributed by atoms with E-state index in [0.717, 1.165) is 34.8 Å². The van der Waals surface area contributed by atoms with E-state index in [9.17, 15) is 0 Å². The average Bonchev–Trinajstić information content (AvgIpc) is 3.51. The van der Waals surface area contributed by atoms with E-state index >= 15 is 0 Å². The van der Waals surface area contributed by atoms with Gasteiger partial charge in [0, 0.05) is 50.2 Å². The number of aromatic nitrogens is 3. The van der Waals surface area contributed by atoms with Gasteiger partial charge in [-0.05, 0) is 145 Å². The van der Waals surface area contributed by atoms with Gasteiger partial charge in [-0.3, -0.25) is 9.97 Å². The van der Waals surface area contributed by atoms with Gasteiger partial charge in [0.2, 0.25) is 0 Å². The van der Waals surface area contributed by atoms with Crippen molar-refractivity contribution in [3.05, 3.63) is 76.9 Å². The van der Waals surface area contributed by atoms with Gasteiger partial charge in [-0.25, -0.2) is 0 Å². The van der Waals surface area contributed by atoms with Crippen LogP contribution >= 0.6 is 0 Å². The van der Waals surface area contributed by atoms with E-state index in [1.807, 2.05) is 0 Å². The van der Waals surface area contributed by atoms with E-state index in [0.29, 0.717) is 23.7 Å². The second kappa shape index (κ2) is 9.12. The molecule has 258 valence electrons. The van der Waals surface area contributed by atoms with Gasteiger partial charge in [0.1, 0.15) is 11.2 Å². The molecule has 4 atom stereocenters. The lowest BCUT2D eigenvalue weighted by Crippen LogP contribution is -2.25. The van der Waals surface area contributed by atoms with E-state index in [2.05, 4.69) is 74.0 Å². The standard InChI is InChI=1S/C48H45N3O/c1-48(2,3)34-8-7-30-32-19-33-41-35(20-49-44-28-15-22-9-23(16-28)12-26(11-22)38(41)44)51-36-21-50-45-29-17-24-10-25(18-29)14-27(13-24)39(45)42(36)43(46(33)51)47(32)52-37-6-4-5-31(34)40(30)37/h4-8,19-29H,9-18H2,1-3H3. The molecule has 4 heteroatoms. The molecule has 8 bridgehead atoms. The highest BCUT2D eigenvalue weighted by molar-refractivity contribution is 6.34. The zero-order valence-corrected chi connectivity index (χ0v) is 30.6. The van der Waals surface area contributed by atoms with Crippen molar-refractivity contribution >= 4 is 70.8 Å². The van der Waals surface area contributed by atoms with E-state index in [4.69, 9.17) is 14.4 Å². The molecule has 8 aromatic rings. The Kier molecular flexibility index (Phi) is 4.97. The number of hydrogen-bond donors (Lipinski definition) is 0. The maximum Gasteiger partial charge on any atom is 0.145 e. The van der Waals surface area contributed by atoms with Gasteiger partial charge in [-0.1, -0.05) is 45.0 Å². The molecular weight excluding hydrogens is 635 g/mol. The van der Waals surface area contributed by atoms with Crippen LogP contribution in [0.4, 0.5) is 0 Å². The van der Waals surface area contributed by atoms with Crippen molar-refractivity contribution in [2.24, 2.45) is 23.7 Å². The topological polar surface area (TPSA) is 43.3 Å². The van der Waals surface area contributed by atoms with Crippen LogP contribution in [0, 0.1) is 23.7 Å². The highest BCUT2D eigenvalue weighted by atomic mass is 16.3. The van der Waals surface area contributed by atoms with Crippen molar-refractivity contribution in [3.8, 4) is 0 Å². The molecule has 4 fully saturated rings. The minimum Gasteiger partial charge on any atom is -0.455 e. The van der Waals surface area contributed by atoms with Crippen LogP contribution in [0.2, 0.25) is 0 Å². The summed E-state index contributed by atoms with van der Waals surface area (Å²) in [5, 5.41) is 10.9. The lowest BCUT2D eigenvalue weighted by atomic mass is 9.67. The van der Waals surface area contributed by atoms with Crippen molar-refractivity contribution in [2.75, 3.05) is 0 Å². The number of fused-ring (bicyclic) bond motifs is 9. The largest absolute Gasteiger partial charge is 0.455 e. The van der Waals surface area contributed by atoms with Gasteiger partial charge in [0.15, 0.2) is 0 Å².